The van der Waals surface area contributed by atoms with E-state index >= 15 is 0 Å². The number of likely N-dealkylation sites (N-methyl/N-ethyl adjacent to an activating group) is 1. The van der Waals surface area contributed by atoms with E-state index in [-0.39, 0.29) is 30.1 Å². The van der Waals surface area contributed by atoms with Crippen LogP contribution in [0.15, 0.2) is 24.3 Å². The fraction of sp³-hybridized carbons (Fsp3) is 0.462. The standard InChI is InChI=1S/C13H18F2N2O2.ClH/c1-3-16-9(2)8-17-12(18)10-5-4-6-11(7-10)19-13(14)15;/h4-7,9,13,16H,3,8H2,1-2H3,(H,17,18);1H/t9-;/m1./s1. The summed E-state index contributed by atoms with van der Waals surface area (Å²) in [5.74, 6) is -0.341. The third-order valence-corrected chi connectivity index (χ3v) is 2.44. The Morgan fingerprint density at radius 3 is 2.70 bits per heavy atom. The lowest BCUT2D eigenvalue weighted by Gasteiger charge is -2.13. The zero-order valence-corrected chi connectivity index (χ0v) is 12.2. The number of halogens is 3. The number of alkyl halides is 2. The highest BCUT2D eigenvalue weighted by atomic mass is 35.5. The van der Waals surface area contributed by atoms with Crippen LogP contribution in [0.3, 0.4) is 0 Å². The molecular weight excluding hydrogens is 290 g/mol. The lowest BCUT2D eigenvalue weighted by atomic mass is 10.2. The molecule has 1 rings (SSSR count). The fourth-order valence-electron chi connectivity index (χ4n) is 1.58. The van der Waals surface area contributed by atoms with E-state index < -0.39 is 6.61 Å². The summed E-state index contributed by atoms with van der Waals surface area (Å²) in [6.45, 7) is 2.30. The van der Waals surface area contributed by atoms with Gasteiger partial charge in [0.25, 0.3) is 5.91 Å². The molecular formula is C13H19ClF2N2O2. The fourth-order valence-corrected chi connectivity index (χ4v) is 1.58. The molecule has 1 atom stereocenters. The van der Waals surface area contributed by atoms with E-state index in [1.54, 1.807) is 6.07 Å². The van der Waals surface area contributed by atoms with Crippen LogP contribution in [-0.4, -0.2) is 31.7 Å². The van der Waals surface area contributed by atoms with E-state index in [1.807, 2.05) is 13.8 Å². The smallest absolute Gasteiger partial charge is 0.387 e. The van der Waals surface area contributed by atoms with Crippen molar-refractivity contribution in [2.75, 3.05) is 13.1 Å². The maximum Gasteiger partial charge on any atom is 0.387 e. The molecule has 1 amide bonds. The molecule has 2 N–H and O–H groups in total. The zero-order valence-electron chi connectivity index (χ0n) is 11.4. The summed E-state index contributed by atoms with van der Waals surface area (Å²) in [7, 11) is 0. The van der Waals surface area contributed by atoms with Crippen molar-refractivity contribution < 1.29 is 18.3 Å². The first-order chi connectivity index (χ1) is 9.02. The molecule has 0 aromatic heterocycles. The van der Waals surface area contributed by atoms with Gasteiger partial charge in [0.1, 0.15) is 5.75 Å². The summed E-state index contributed by atoms with van der Waals surface area (Å²) >= 11 is 0. The second-order valence-corrected chi connectivity index (χ2v) is 4.08. The molecule has 0 saturated heterocycles. The monoisotopic (exact) mass is 308 g/mol. The third-order valence-electron chi connectivity index (χ3n) is 2.44. The Balaban J connectivity index is 0.00000361. The number of amides is 1. The normalized spacial score (nSPS) is 11.7. The van der Waals surface area contributed by atoms with Gasteiger partial charge in [-0.3, -0.25) is 4.79 Å². The SMILES string of the molecule is CCN[C@H](C)CNC(=O)c1cccc(OC(F)F)c1.Cl. The van der Waals surface area contributed by atoms with Crippen LogP contribution in [0.4, 0.5) is 8.78 Å². The number of benzene rings is 1. The van der Waals surface area contributed by atoms with Crippen molar-refractivity contribution in [2.24, 2.45) is 0 Å². The summed E-state index contributed by atoms with van der Waals surface area (Å²) in [5, 5.41) is 5.87. The molecule has 0 bridgehead atoms. The highest BCUT2D eigenvalue weighted by molar-refractivity contribution is 5.94. The van der Waals surface area contributed by atoms with Crippen LogP contribution >= 0.6 is 12.4 Å². The first-order valence-corrected chi connectivity index (χ1v) is 6.09. The Labute approximate surface area is 123 Å². The molecule has 1 aromatic rings. The van der Waals surface area contributed by atoms with E-state index in [4.69, 9.17) is 0 Å². The first kappa shape index (κ1) is 18.6. The van der Waals surface area contributed by atoms with Crippen molar-refractivity contribution in [2.45, 2.75) is 26.5 Å². The molecule has 0 aliphatic rings. The Morgan fingerprint density at radius 1 is 1.40 bits per heavy atom. The Morgan fingerprint density at radius 2 is 2.10 bits per heavy atom. The van der Waals surface area contributed by atoms with Crippen LogP contribution in [0.1, 0.15) is 24.2 Å². The highest BCUT2D eigenvalue weighted by Gasteiger charge is 2.10. The van der Waals surface area contributed by atoms with Gasteiger partial charge < -0.3 is 15.4 Å². The molecule has 0 radical (unpaired) electrons. The van der Waals surface area contributed by atoms with Gasteiger partial charge in [-0.2, -0.15) is 8.78 Å². The summed E-state index contributed by atoms with van der Waals surface area (Å²) in [5.41, 5.74) is 0.293. The van der Waals surface area contributed by atoms with E-state index in [1.165, 1.54) is 18.2 Å². The van der Waals surface area contributed by atoms with E-state index in [9.17, 15) is 13.6 Å². The largest absolute Gasteiger partial charge is 0.435 e. The van der Waals surface area contributed by atoms with Gasteiger partial charge in [-0.15, -0.1) is 12.4 Å². The quantitative estimate of drug-likeness (QED) is 0.813. The molecule has 20 heavy (non-hydrogen) atoms. The van der Waals surface area contributed by atoms with Crippen molar-refractivity contribution in [3.63, 3.8) is 0 Å². The van der Waals surface area contributed by atoms with Crippen molar-refractivity contribution in [1.29, 1.82) is 0 Å². The molecule has 0 fully saturated rings. The molecule has 0 saturated carbocycles. The number of nitrogens with one attached hydrogen (secondary N) is 2. The van der Waals surface area contributed by atoms with Crippen LogP contribution in [0, 0.1) is 0 Å². The average Bonchev–Trinajstić information content (AvgIpc) is 2.36. The predicted molar refractivity (Wildman–Crippen MR) is 75.8 cm³/mol. The summed E-state index contributed by atoms with van der Waals surface area (Å²) in [6.07, 6.45) is 0. The number of rotatable bonds is 7. The van der Waals surface area contributed by atoms with Gasteiger partial charge >= 0.3 is 6.61 Å². The average molecular weight is 309 g/mol. The molecule has 0 aliphatic carbocycles. The van der Waals surface area contributed by atoms with Gasteiger partial charge in [-0.1, -0.05) is 13.0 Å². The molecule has 1 aromatic carbocycles. The van der Waals surface area contributed by atoms with Gasteiger partial charge in [0, 0.05) is 18.2 Å². The summed E-state index contributed by atoms with van der Waals surface area (Å²) in [4.78, 5) is 11.8. The highest BCUT2D eigenvalue weighted by Crippen LogP contribution is 2.15. The zero-order chi connectivity index (χ0) is 14.3. The molecule has 114 valence electrons. The van der Waals surface area contributed by atoms with Crippen molar-refractivity contribution in [1.82, 2.24) is 10.6 Å². The second kappa shape index (κ2) is 9.50. The van der Waals surface area contributed by atoms with E-state index in [2.05, 4.69) is 15.4 Å². The van der Waals surface area contributed by atoms with Crippen molar-refractivity contribution in [3.05, 3.63) is 29.8 Å². The molecule has 0 unspecified atom stereocenters. The maximum atomic E-state index is 12.1. The number of hydrogen-bond donors (Lipinski definition) is 2. The van der Waals surface area contributed by atoms with Gasteiger partial charge in [0.15, 0.2) is 0 Å². The van der Waals surface area contributed by atoms with Crippen LogP contribution in [0.5, 0.6) is 5.75 Å². The Hall–Kier alpha value is -1.40. The first-order valence-electron chi connectivity index (χ1n) is 6.09. The van der Waals surface area contributed by atoms with E-state index in [0.717, 1.165) is 6.54 Å². The van der Waals surface area contributed by atoms with Crippen LogP contribution in [-0.2, 0) is 0 Å². The van der Waals surface area contributed by atoms with Gasteiger partial charge in [0.05, 0.1) is 0 Å². The predicted octanol–water partition coefficient (Wildman–Crippen LogP) is 2.44. The third kappa shape index (κ3) is 6.68. The maximum absolute atomic E-state index is 12.1. The van der Waals surface area contributed by atoms with Gasteiger partial charge in [-0.25, -0.2) is 0 Å². The number of carbonyl (C=O) groups is 1. The minimum absolute atomic E-state index is 0. The Kier molecular flexibility index (Phi) is 8.83. The van der Waals surface area contributed by atoms with E-state index in [0.29, 0.717) is 12.1 Å². The number of hydrogen-bond acceptors (Lipinski definition) is 3. The number of carbonyl (C=O) groups excluding carboxylic acids is 1. The summed E-state index contributed by atoms with van der Waals surface area (Å²) in [6, 6.07) is 5.87. The minimum atomic E-state index is -2.90. The lowest BCUT2D eigenvalue weighted by Crippen LogP contribution is -2.38. The molecule has 0 heterocycles. The topological polar surface area (TPSA) is 50.4 Å². The molecule has 4 nitrogen and oxygen atoms in total. The lowest BCUT2D eigenvalue weighted by molar-refractivity contribution is -0.0498. The van der Waals surface area contributed by atoms with Crippen LogP contribution in [0.25, 0.3) is 0 Å². The van der Waals surface area contributed by atoms with Gasteiger partial charge in [0.2, 0.25) is 0 Å². The molecule has 0 spiro atoms. The summed E-state index contributed by atoms with van der Waals surface area (Å²) < 4.78 is 28.4. The molecule has 7 heteroatoms. The van der Waals surface area contributed by atoms with Gasteiger partial charge in [-0.05, 0) is 31.7 Å². The number of ether oxygens (including phenoxy) is 1. The minimum Gasteiger partial charge on any atom is -0.435 e. The van der Waals surface area contributed by atoms with Crippen LogP contribution in [0.2, 0.25) is 0 Å². The van der Waals surface area contributed by atoms with Crippen LogP contribution < -0.4 is 15.4 Å². The van der Waals surface area contributed by atoms with Crippen molar-refractivity contribution in [3.8, 4) is 5.75 Å². The van der Waals surface area contributed by atoms with Crippen molar-refractivity contribution >= 4 is 18.3 Å². The molecule has 0 aliphatic heterocycles. The Bertz CT molecular complexity index is 419. The second-order valence-electron chi connectivity index (χ2n) is 4.08.